The van der Waals surface area contributed by atoms with Crippen molar-refractivity contribution >= 4 is 57.8 Å². The van der Waals surface area contributed by atoms with Gasteiger partial charge in [-0.25, -0.2) is 19.9 Å². The van der Waals surface area contributed by atoms with Crippen molar-refractivity contribution in [3.05, 3.63) is 72.3 Å². The van der Waals surface area contributed by atoms with Gasteiger partial charge in [-0.05, 0) is 55.4 Å². The van der Waals surface area contributed by atoms with Crippen LogP contribution in [0.3, 0.4) is 0 Å². The summed E-state index contributed by atoms with van der Waals surface area (Å²) in [6, 6.07) is 11.2. The predicted octanol–water partition coefficient (Wildman–Crippen LogP) is 3.87. The van der Waals surface area contributed by atoms with Gasteiger partial charge in [-0.3, -0.25) is 9.59 Å². The van der Waals surface area contributed by atoms with Crippen molar-refractivity contribution in [2.24, 2.45) is 11.8 Å². The van der Waals surface area contributed by atoms with Gasteiger partial charge in [0.05, 0.1) is 19.5 Å². The van der Waals surface area contributed by atoms with Gasteiger partial charge < -0.3 is 46.5 Å². The average molecular weight is 779 g/mol. The first-order valence-corrected chi connectivity index (χ1v) is 18.7. The minimum absolute atomic E-state index is 0.00162. The minimum atomic E-state index is -0.295. The molecule has 0 aromatic carbocycles. The summed E-state index contributed by atoms with van der Waals surface area (Å²) in [5.41, 5.74) is 3.04. The molecule has 2 saturated carbocycles. The number of fused-ring (bicyclic) bond motifs is 2. The lowest BCUT2D eigenvalue weighted by Gasteiger charge is -2.13. The number of nitrogens with one attached hydrogen (secondary N) is 6. The van der Waals surface area contributed by atoms with Gasteiger partial charge >= 0.3 is 0 Å². The second-order valence-electron chi connectivity index (χ2n) is 13.9. The van der Waals surface area contributed by atoms with E-state index in [1.54, 1.807) is 67.0 Å². The lowest BCUT2D eigenvalue weighted by atomic mass is 10.2. The van der Waals surface area contributed by atoms with Crippen LogP contribution >= 0.6 is 0 Å². The maximum Gasteiger partial charge on any atom is 0.256 e. The number of hydrogen-bond donors (Lipinski definition) is 7. The largest absolute Gasteiger partial charge is 0.480 e. The van der Waals surface area contributed by atoms with E-state index in [1.165, 1.54) is 6.20 Å². The van der Waals surface area contributed by atoms with Crippen LogP contribution in [0.1, 0.15) is 53.8 Å². The Balaban J connectivity index is 0.000000175. The Morgan fingerprint density at radius 2 is 1.42 bits per heavy atom. The van der Waals surface area contributed by atoms with Crippen LogP contribution in [-0.2, 0) is 0 Å². The van der Waals surface area contributed by atoms with Gasteiger partial charge in [0.1, 0.15) is 51.9 Å². The Kier molecular flexibility index (Phi) is 11.4. The van der Waals surface area contributed by atoms with Gasteiger partial charge in [-0.1, -0.05) is 13.8 Å². The summed E-state index contributed by atoms with van der Waals surface area (Å²) in [5.74, 6) is 3.45. The topological polar surface area (TPSA) is 231 Å². The van der Waals surface area contributed by atoms with Crippen molar-refractivity contribution in [1.29, 1.82) is 0 Å². The molecule has 7 N–H and O–H groups in total. The molecule has 19 nitrogen and oxygen atoms in total. The van der Waals surface area contributed by atoms with Crippen LogP contribution in [0.4, 0.5) is 34.6 Å². The van der Waals surface area contributed by atoms with Crippen molar-refractivity contribution in [2.75, 3.05) is 55.6 Å². The first kappa shape index (κ1) is 38.5. The molecule has 0 bridgehead atoms. The van der Waals surface area contributed by atoms with Crippen LogP contribution in [-0.4, -0.2) is 103 Å². The highest BCUT2D eigenvalue weighted by molar-refractivity contribution is 6.01. The van der Waals surface area contributed by atoms with Gasteiger partial charge in [0, 0.05) is 57.8 Å². The van der Waals surface area contributed by atoms with Crippen molar-refractivity contribution in [2.45, 2.75) is 45.3 Å². The normalized spacial score (nSPS) is 16.2. The number of pyridine rings is 2. The Morgan fingerprint density at radius 3 is 1.93 bits per heavy atom. The number of hydrogen-bond acceptors (Lipinski definition) is 15. The van der Waals surface area contributed by atoms with E-state index in [-0.39, 0.29) is 36.5 Å². The number of carbonyl (C=O) groups is 2. The number of methoxy groups -OCH3 is 1. The number of aliphatic hydroxyl groups excluding tert-OH is 1. The van der Waals surface area contributed by atoms with E-state index in [2.05, 4.69) is 69.0 Å². The fraction of sp³-hybridized carbons (Fsp3) is 0.368. The molecule has 6 aromatic heterocycles. The Hall–Kier alpha value is -6.76. The molecule has 0 radical (unpaired) electrons. The zero-order valence-electron chi connectivity index (χ0n) is 32.3. The lowest BCUT2D eigenvalue weighted by Crippen LogP contribution is -2.29. The Morgan fingerprint density at radius 1 is 0.877 bits per heavy atom. The average Bonchev–Trinajstić information content (AvgIpc) is 4.08. The van der Waals surface area contributed by atoms with Crippen molar-refractivity contribution < 1.29 is 24.2 Å². The zero-order valence-corrected chi connectivity index (χ0v) is 32.3. The van der Waals surface area contributed by atoms with Crippen LogP contribution in [0.15, 0.2) is 61.2 Å². The molecule has 298 valence electrons. The number of amides is 2. The molecule has 2 fully saturated rings. The van der Waals surface area contributed by atoms with Crippen LogP contribution in [0, 0.1) is 11.8 Å². The number of anilines is 6. The fourth-order valence-electron chi connectivity index (χ4n) is 5.77. The Bertz CT molecular complexity index is 2380. The lowest BCUT2D eigenvalue weighted by molar-refractivity contribution is 0.0938. The number of aliphatic hydroxyl groups is 1. The molecule has 0 saturated heterocycles. The number of ether oxygens (including phenoxy) is 2. The summed E-state index contributed by atoms with van der Waals surface area (Å²) in [5, 5.41) is 36.2. The van der Waals surface area contributed by atoms with E-state index in [9.17, 15) is 9.59 Å². The molecule has 0 aliphatic heterocycles. The summed E-state index contributed by atoms with van der Waals surface area (Å²) in [7, 11) is 5.12. The molecule has 6 aromatic rings. The van der Waals surface area contributed by atoms with Crippen molar-refractivity contribution in [3.63, 3.8) is 0 Å². The molecular weight excluding hydrogens is 733 g/mol. The maximum atomic E-state index is 12.6. The number of rotatable bonds is 15. The highest BCUT2D eigenvalue weighted by Crippen LogP contribution is 2.33. The van der Waals surface area contributed by atoms with E-state index >= 15 is 0 Å². The van der Waals surface area contributed by atoms with Crippen LogP contribution in [0.5, 0.6) is 11.8 Å². The standard InChI is InChI=1S/C20H25N7O3.C18H21N7O2/c1-12(11-28)9-23-19(29)14-10-24-27-17(21-2)8-16(26-18(14)27)25-15-4-3-7-22-20(15)30-13-5-6-13;1-10-7-13(10)23-17(26)11-9-21-25-15(19-2)8-14(24-16(11)25)22-12-5-4-6-20-18(12)27-3/h3-4,7-8,10,12-13,21,28H,5-6,9,11H2,1-2H3,(H,23,29)(H,25,26);4-6,8-10,13,19H,7H2,1-3H3,(H,22,24)(H,23,26)/t;10-,13-/m.0/s1. The molecule has 2 amide bonds. The molecule has 6 heterocycles. The Labute approximate surface area is 328 Å². The first-order chi connectivity index (χ1) is 27.7. The van der Waals surface area contributed by atoms with Gasteiger partial charge in [-0.15, -0.1) is 0 Å². The van der Waals surface area contributed by atoms with Gasteiger partial charge in [0.2, 0.25) is 11.8 Å². The van der Waals surface area contributed by atoms with Crippen molar-refractivity contribution in [1.82, 2.24) is 49.8 Å². The molecule has 8 rings (SSSR count). The third-order valence-electron chi connectivity index (χ3n) is 9.36. The summed E-state index contributed by atoms with van der Waals surface area (Å²) >= 11 is 0. The van der Waals surface area contributed by atoms with E-state index in [0.29, 0.717) is 81.3 Å². The summed E-state index contributed by atoms with van der Waals surface area (Å²) < 4.78 is 14.3. The fourth-order valence-corrected chi connectivity index (χ4v) is 5.77. The summed E-state index contributed by atoms with van der Waals surface area (Å²) in [6.07, 6.45) is 9.66. The first-order valence-electron chi connectivity index (χ1n) is 18.7. The van der Waals surface area contributed by atoms with Crippen LogP contribution in [0.25, 0.3) is 11.3 Å². The highest BCUT2D eigenvalue weighted by atomic mass is 16.5. The van der Waals surface area contributed by atoms with Crippen molar-refractivity contribution in [3.8, 4) is 11.8 Å². The second kappa shape index (κ2) is 16.9. The number of nitrogens with zero attached hydrogens (tertiary/aromatic N) is 8. The van der Waals surface area contributed by atoms with E-state index in [4.69, 9.17) is 14.6 Å². The third kappa shape index (κ3) is 8.88. The quantitative estimate of drug-likeness (QED) is 0.0785. The van der Waals surface area contributed by atoms with Gasteiger partial charge in [0.15, 0.2) is 11.3 Å². The molecule has 1 unspecified atom stereocenters. The van der Waals surface area contributed by atoms with E-state index < -0.39 is 0 Å². The molecule has 2 aliphatic carbocycles. The minimum Gasteiger partial charge on any atom is -0.480 e. The van der Waals surface area contributed by atoms with Crippen LogP contribution < -0.4 is 41.4 Å². The SMILES string of the molecule is CNc1cc(Nc2cccnc2OC)nc2c(C(=O)N[C@H]3C[C@@H]3C)cnn12.CNc1cc(Nc2cccnc2OC2CC2)nc2c(C(=O)NCC(C)CO)cnn12. The molecule has 57 heavy (non-hydrogen) atoms. The molecular formula is C38H46N14O5. The maximum absolute atomic E-state index is 12.6. The van der Waals surface area contributed by atoms with Crippen LogP contribution in [0.2, 0.25) is 0 Å². The number of aromatic nitrogens is 8. The van der Waals surface area contributed by atoms with Gasteiger partial charge in [-0.2, -0.15) is 19.2 Å². The third-order valence-corrected chi connectivity index (χ3v) is 9.36. The smallest absolute Gasteiger partial charge is 0.256 e. The highest BCUT2D eigenvalue weighted by Gasteiger charge is 2.35. The molecule has 3 atom stereocenters. The predicted molar refractivity (Wildman–Crippen MR) is 214 cm³/mol. The molecule has 0 spiro atoms. The second-order valence-corrected chi connectivity index (χ2v) is 13.9. The van der Waals surface area contributed by atoms with E-state index in [1.807, 2.05) is 25.1 Å². The molecule has 19 heteroatoms. The molecule has 2 aliphatic rings. The summed E-state index contributed by atoms with van der Waals surface area (Å²) in [6.45, 7) is 4.33. The zero-order chi connectivity index (χ0) is 40.1. The number of carbonyl (C=O) groups excluding carboxylic acids is 2. The van der Waals surface area contributed by atoms with Gasteiger partial charge in [0.25, 0.3) is 11.8 Å². The van der Waals surface area contributed by atoms with E-state index in [0.717, 1.165) is 19.3 Å². The summed E-state index contributed by atoms with van der Waals surface area (Å²) in [4.78, 5) is 42.9. The monoisotopic (exact) mass is 778 g/mol.